The standard InChI is InChI=1S/C8H10Cl2F2N2O/c1-4-7(9)5(14(2)13-4)3-6(15)8(10,11)12/h6,15H,3H2,1-2H3. The highest BCUT2D eigenvalue weighted by molar-refractivity contribution is 6.31. The minimum atomic E-state index is -3.67. The van der Waals surface area contributed by atoms with Crippen LogP contribution in [0.2, 0.25) is 5.02 Å². The molecule has 0 aliphatic heterocycles. The second kappa shape index (κ2) is 4.23. The maximum absolute atomic E-state index is 12.5. The van der Waals surface area contributed by atoms with Crippen molar-refractivity contribution in [1.29, 1.82) is 0 Å². The lowest BCUT2D eigenvalue weighted by Gasteiger charge is -2.15. The van der Waals surface area contributed by atoms with Gasteiger partial charge in [0.15, 0.2) is 0 Å². The molecule has 0 aliphatic carbocycles. The van der Waals surface area contributed by atoms with Crippen molar-refractivity contribution in [3.63, 3.8) is 0 Å². The minimum Gasteiger partial charge on any atom is -0.385 e. The molecule has 3 nitrogen and oxygen atoms in total. The first-order valence-electron chi connectivity index (χ1n) is 4.16. The number of nitrogens with zero attached hydrogens (tertiary/aromatic N) is 2. The van der Waals surface area contributed by atoms with Crippen LogP contribution in [-0.2, 0) is 13.5 Å². The van der Waals surface area contributed by atoms with E-state index in [1.54, 1.807) is 14.0 Å². The monoisotopic (exact) mass is 258 g/mol. The summed E-state index contributed by atoms with van der Waals surface area (Å²) in [6, 6.07) is 0. The zero-order valence-corrected chi connectivity index (χ0v) is 9.65. The molecular formula is C8H10Cl2F2N2O. The van der Waals surface area contributed by atoms with Gasteiger partial charge in [-0.25, -0.2) is 0 Å². The van der Waals surface area contributed by atoms with Crippen LogP contribution in [0.5, 0.6) is 0 Å². The number of halogens is 4. The first kappa shape index (κ1) is 12.7. The van der Waals surface area contributed by atoms with Gasteiger partial charge in [0.05, 0.1) is 16.4 Å². The molecule has 15 heavy (non-hydrogen) atoms. The zero-order chi connectivity index (χ0) is 11.8. The van der Waals surface area contributed by atoms with Gasteiger partial charge in [-0.3, -0.25) is 4.68 Å². The molecular weight excluding hydrogens is 249 g/mol. The van der Waals surface area contributed by atoms with E-state index in [4.69, 9.17) is 16.7 Å². The molecule has 0 radical (unpaired) electrons. The quantitative estimate of drug-likeness (QED) is 0.844. The lowest BCUT2D eigenvalue weighted by molar-refractivity contribution is -0.0405. The van der Waals surface area contributed by atoms with E-state index in [0.29, 0.717) is 11.4 Å². The Hall–Kier alpha value is -0.390. The average molecular weight is 259 g/mol. The van der Waals surface area contributed by atoms with Crippen molar-refractivity contribution in [3.05, 3.63) is 16.4 Å². The molecule has 7 heteroatoms. The van der Waals surface area contributed by atoms with Crippen molar-refractivity contribution in [2.75, 3.05) is 0 Å². The Labute approximate surface area is 95.6 Å². The van der Waals surface area contributed by atoms with Crippen LogP contribution < -0.4 is 0 Å². The van der Waals surface area contributed by atoms with Gasteiger partial charge < -0.3 is 5.11 Å². The topological polar surface area (TPSA) is 38.0 Å². The van der Waals surface area contributed by atoms with Gasteiger partial charge in [0.25, 0.3) is 0 Å². The third-order valence-electron chi connectivity index (χ3n) is 2.03. The Kier molecular flexibility index (Phi) is 3.58. The number of aryl methyl sites for hydroxylation is 2. The summed E-state index contributed by atoms with van der Waals surface area (Å²) in [5, 5.41) is 9.66. The largest absolute Gasteiger partial charge is 0.385 e. The zero-order valence-electron chi connectivity index (χ0n) is 8.14. The van der Waals surface area contributed by atoms with Crippen molar-refractivity contribution in [1.82, 2.24) is 9.78 Å². The summed E-state index contributed by atoms with van der Waals surface area (Å²) >= 11 is 10.5. The lowest BCUT2D eigenvalue weighted by atomic mass is 10.2. The van der Waals surface area contributed by atoms with E-state index in [-0.39, 0.29) is 11.4 Å². The van der Waals surface area contributed by atoms with Gasteiger partial charge in [0, 0.05) is 13.5 Å². The molecule has 86 valence electrons. The van der Waals surface area contributed by atoms with Gasteiger partial charge in [-0.2, -0.15) is 13.9 Å². The van der Waals surface area contributed by atoms with Crippen LogP contribution in [0.4, 0.5) is 8.78 Å². The highest BCUT2D eigenvalue weighted by Gasteiger charge is 2.36. The molecule has 1 rings (SSSR count). The van der Waals surface area contributed by atoms with Crippen LogP contribution in [-0.4, -0.2) is 26.4 Å². The SMILES string of the molecule is Cc1nn(C)c(CC(O)C(F)(F)Cl)c1Cl. The molecule has 1 heterocycles. The summed E-state index contributed by atoms with van der Waals surface area (Å²) < 4.78 is 26.4. The van der Waals surface area contributed by atoms with Crippen molar-refractivity contribution in [2.24, 2.45) is 7.05 Å². The van der Waals surface area contributed by atoms with Crippen LogP contribution in [0.15, 0.2) is 0 Å². The summed E-state index contributed by atoms with van der Waals surface area (Å²) in [6.07, 6.45) is -2.32. The summed E-state index contributed by atoms with van der Waals surface area (Å²) in [5.41, 5.74) is 0.862. The third-order valence-corrected chi connectivity index (χ3v) is 2.77. The Morgan fingerprint density at radius 1 is 1.60 bits per heavy atom. The van der Waals surface area contributed by atoms with E-state index in [1.807, 2.05) is 0 Å². The Balaban J connectivity index is 2.90. The molecule has 0 amide bonds. The molecule has 1 N–H and O–H groups in total. The van der Waals surface area contributed by atoms with Gasteiger partial charge >= 0.3 is 5.38 Å². The number of alkyl halides is 3. The molecule has 1 aromatic rings. The molecule has 0 aliphatic rings. The van der Waals surface area contributed by atoms with Crippen LogP contribution >= 0.6 is 23.2 Å². The highest BCUT2D eigenvalue weighted by Crippen LogP contribution is 2.28. The smallest absolute Gasteiger partial charge is 0.347 e. The molecule has 0 saturated carbocycles. The highest BCUT2D eigenvalue weighted by atomic mass is 35.5. The fraction of sp³-hybridized carbons (Fsp3) is 0.625. The summed E-state index contributed by atoms with van der Waals surface area (Å²) in [6.45, 7) is 1.65. The van der Waals surface area contributed by atoms with Crippen molar-refractivity contribution in [3.8, 4) is 0 Å². The van der Waals surface area contributed by atoms with Gasteiger partial charge in [0.2, 0.25) is 0 Å². The molecule has 0 fully saturated rings. The second-order valence-electron chi connectivity index (χ2n) is 3.23. The van der Waals surface area contributed by atoms with E-state index >= 15 is 0 Å². The predicted molar refractivity (Wildman–Crippen MR) is 53.5 cm³/mol. The Bertz CT molecular complexity index is 362. The van der Waals surface area contributed by atoms with Crippen molar-refractivity contribution in [2.45, 2.75) is 24.8 Å². The summed E-state index contributed by atoms with van der Waals surface area (Å²) in [5.74, 6) is 0. The van der Waals surface area contributed by atoms with Crippen LogP contribution in [0, 0.1) is 6.92 Å². The fourth-order valence-corrected chi connectivity index (χ4v) is 1.52. The number of aliphatic hydroxyl groups is 1. The van der Waals surface area contributed by atoms with Crippen LogP contribution in [0.3, 0.4) is 0 Å². The molecule has 0 aromatic carbocycles. The van der Waals surface area contributed by atoms with Gasteiger partial charge in [0.1, 0.15) is 6.10 Å². The summed E-state index contributed by atoms with van der Waals surface area (Å²) in [7, 11) is 1.56. The number of hydrogen-bond donors (Lipinski definition) is 1. The van der Waals surface area contributed by atoms with E-state index in [0.717, 1.165) is 0 Å². The minimum absolute atomic E-state index is 0.275. The van der Waals surface area contributed by atoms with Crippen LogP contribution in [0.25, 0.3) is 0 Å². The molecule has 1 unspecified atom stereocenters. The fourth-order valence-electron chi connectivity index (χ4n) is 1.20. The maximum atomic E-state index is 12.5. The average Bonchev–Trinajstić information content (AvgIpc) is 2.30. The number of aromatic nitrogens is 2. The predicted octanol–water partition coefficient (Wildman–Crippen LogP) is 2.12. The summed E-state index contributed by atoms with van der Waals surface area (Å²) in [4.78, 5) is 0. The molecule has 0 saturated heterocycles. The number of hydrogen-bond acceptors (Lipinski definition) is 2. The van der Waals surface area contributed by atoms with Crippen molar-refractivity contribution >= 4 is 23.2 Å². The first-order valence-corrected chi connectivity index (χ1v) is 4.91. The normalized spacial score (nSPS) is 14.3. The molecule has 1 atom stereocenters. The van der Waals surface area contributed by atoms with Crippen LogP contribution in [0.1, 0.15) is 11.4 Å². The van der Waals surface area contributed by atoms with E-state index < -0.39 is 11.5 Å². The van der Waals surface area contributed by atoms with Crippen molar-refractivity contribution < 1.29 is 13.9 Å². The Morgan fingerprint density at radius 3 is 2.47 bits per heavy atom. The number of aliphatic hydroxyl groups excluding tert-OH is 1. The van der Waals surface area contributed by atoms with Gasteiger partial charge in [-0.15, -0.1) is 0 Å². The first-order chi connectivity index (χ1) is 6.73. The molecule has 0 spiro atoms. The van der Waals surface area contributed by atoms with Gasteiger partial charge in [-0.1, -0.05) is 11.6 Å². The van der Waals surface area contributed by atoms with E-state index in [9.17, 15) is 8.78 Å². The second-order valence-corrected chi connectivity index (χ2v) is 4.11. The molecule has 0 bridgehead atoms. The third kappa shape index (κ3) is 2.80. The molecule has 1 aromatic heterocycles. The maximum Gasteiger partial charge on any atom is 0.347 e. The van der Waals surface area contributed by atoms with E-state index in [1.165, 1.54) is 4.68 Å². The number of rotatable bonds is 3. The lowest BCUT2D eigenvalue weighted by Crippen LogP contribution is -2.30. The van der Waals surface area contributed by atoms with Gasteiger partial charge in [-0.05, 0) is 18.5 Å². The van der Waals surface area contributed by atoms with E-state index in [2.05, 4.69) is 16.7 Å². The Morgan fingerprint density at radius 2 is 2.13 bits per heavy atom.